The van der Waals surface area contributed by atoms with E-state index in [4.69, 9.17) is 26.2 Å². The Morgan fingerprint density at radius 2 is 1.83 bits per heavy atom. The second-order valence-corrected chi connectivity index (χ2v) is 9.89. The zero-order valence-electron chi connectivity index (χ0n) is 20.2. The van der Waals surface area contributed by atoms with Crippen molar-refractivity contribution in [2.45, 2.75) is 58.1 Å². The van der Waals surface area contributed by atoms with Crippen LogP contribution < -0.4 is 4.74 Å². The summed E-state index contributed by atoms with van der Waals surface area (Å²) in [5.41, 5.74) is 2.60. The van der Waals surface area contributed by atoms with E-state index in [2.05, 4.69) is 0 Å². The largest absolute Gasteiger partial charge is 0.437 e. The minimum Gasteiger partial charge on any atom is -0.437 e. The number of amides is 1. The Balaban J connectivity index is 1.52. The maximum Gasteiger partial charge on any atom is 0.227 e. The summed E-state index contributed by atoms with van der Waals surface area (Å²) in [6.45, 7) is 3.75. The van der Waals surface area contributed by atoms with Gasteiger partial charge < -0.3 is 14.4 Å². The fraction of sp³-hybridized carbons (Fsp3) is 0.429. The first-order valence-electron chi connectivity index (χ1n) is 12.6. The Morgan fingerprint density at radius 1 is 1.09 bits per heavy atom. The van der Waals surface area contributed by atoms with Crippen molar-refractivity contribution < 1.29 is 14.3 Å². The van der Waals surface area contributed by atoms with Crippen LogP contribution in [0.1, 0.15) is 49.8 Å². The van der Waals surface area contributed by atoms with Gasteiger partial charge in [-0.1, -0.05) is 54.8 Å². The molecule has 1 saturated carbocycles. The van der Waals surface area contributed by atoms with Crippen LogP contribution in [0.25, 0.3) is 5.69 Å². The number of para-hydroxylation sites is 2. The van der Waals surface area contributed by atoms with E-state index in [-0.39, 0.29) is 17.9 Å². The molecule has 1 saturated heterocycles. The lowest BCUT2D eigenvalue weighted by Gasteiger charge is -2.28. The molecule has 1 aromatic heterocycles. The average molecular weight is 494 g/mol. The SMILES string of the molecule is Cc1nn(-c2ccccc2)c(Oc2ccccc2Cl)c1CN(C[C@H]1CCCO1)C(=O)C1CCCC1. The van der Waals surface area contributed by atoms with Crippen LogP contribution in [-0.2, 0) is 16.1 Å². The van der Waals surface area contributed by atoms with Gasteiger partial charge in [0.25, 0.3) is 0 Å². The van der Waals surface area contributed by atoms with E-state index in [9.17, 15) is 4.79 Å². The molecule has 1 atom stereocenters. The number of hydrogen-bond donors (Lipinski definition) is 0. The smallest absolute Gasteiger partial charge is 0.227 e. The Kier molecular flexibility index (Phi) is 7.40. The number of carbonyl (C=O) groups is 1. The van der Waals surface area contributed by atoms with Crippen molar-refractivity contribution in [3.05, 3.63) is 70.9 Å². The van der Waals surface area contributed by atoms with Crippen LogP contribution >= 0.6 is 11.6 Å². The third kappa shape index (κ3) is 5.39. The number of halogens is 1. The first kappa shape index (κ1) is 23.9. The van der Waals surface area contributed by atoms with Crippen LogP contribution in [-0.4, -0.2) is 39.8 Å². The summed E-state index contributed by atoms with van der Waals surface area (Å²) in [5.74, 6) is 1.45. The molecule has 35 heavy (non-hydrogen) atoms. The molecule has 2 aromatic carbocycles. The van der Waals surface area contributed by atoms with Crippen molar-refractivity contribution in [2.24, 2.45) is 5.92 Å². The molecule has 2 heterocycles. The number of aromatic nitrogens is 2. The van der Waals surface area contributed by atoms with Gasteiger partial charge in [0, 0.05) is 19.1 Å². The molecule has 1 aliphatic heterocycles. The maximum absolute atomic E-state index is 13.6. The van der Waals surface area contributed by atoms with Crippen molar-refractivity contribution in [3.8, 4) is 17.3 Å². The topological polar surface area (TPSA) is 56.6 Å². The lowest BCUT2D eigenvalue weighted by molar-refractivity contribution is -0.137. The first-order valence-corrected chi connectivity index (χ1v) is 12.9. The van der Waals surface area contributed by atoms with Gasteiger partial charge in [-0.2, -0.15) is 5.10 Å². The molecule has 0 radical (unpaired) electrons. The molecular formula is C28H32ClN3O3. The maximum atomic E-state index is 13.6. The molecule has 184 valence electrons. The molecule has 5 rings (SSSR count). The second kappa shape index (κ2) is 10.8. The summed E-state index contributed by atoms with van der Waals surface area (Å²) >= 11 is 6.45. The summed E-state index contributed by atoms with van der Waals surface area (Å²) in [7, 11) is 0. The van der Waals surface area contributed by atoms with Crippen LogP contribution in [0.5, 0.6) is 11.6 Å². The average Bonchev–Trinajstić information content (AvgIpc) is 3.64. The van der Waals surface area contributed by atoms with Crippen LogP contribution in [0.15, 0.2) is 54.6 Å². The predicted octanol–water partition coefficient (Wildman–Crippen LogP) is 6.32. The Morgan fingerprint density at radius 3 is 2.54 bits per heavy atom. The zero-order valence-corrected chi connectivity index (χ0v) is 20.9. The van der Waals surface area contributed by atoms with Crippen molar-refractivity contribution in [1.82, 2.24) is 14.7 Å². The van der Waals surface area contributed by atoms with E-state index < -0.39 is 0 Å². The minimum absolute atomic E-state index is 0.0813. The van der Waals surface area contributed by atoms with E-state index in [0.717, 1.165) is 62.1 Å². The number of aryl methyl sites for hydroxylation is 1. The number of nitrogens with zero attached hydrogens (tertiary/aromatic N) is 3. The zero-order chi connectivity index (χ0) is 24.2. The number of carbonyl (C=O) groups excluding carboxylic acids is 1. The summed E-state index contributed by atoms with van der Waals surface area (Å²) in [5, 5.41) is 5.35. The Labute approximate surface area is 211 Å². The molecule has 7 heteroatoms. The summed E-state index contributed by atoms with van der Waals surface area (Å²) < 4.78 is 14.1. The van der Waals surface area contributed by atoms with Gasteiger partial charge >= 0.3 is 0 Å². The summed E-state index contributed by atoms with van der Waals surface area (Å²) in [6.07, 6.45) is 6.28. The molecule has 1 amide bonds. The highest BCUT2D eigenvalue weighted by molar-refractivity contribution is 6.32. The van der Waals surface area contributed by atoms with E-state index in [1.807, 2.05) is 60.4 Å². The van der Waals surface area contributed by atoms with Gasteiger partial charge in [-0.05, 0) is 56.9 Å². The molecule has 3 aromatic rings. The van der Waals surface area contributed by atoms with E-state index in [1.165, 1.54) is 0 Å². The van der Waals surface area contributed by atoms with Gasteiger partial charge in [0.15, 0.2) is 0 Å². The minimum atomic E-state index is 0.0813. The third-order valence-corrected chi connectivity index (χ3v) is 7.31. The lowest BCUT2D eigenvalue weighted by Crippen LogP contribution is -2.40. The summed E-state index contributed by atoms with van der Waals surface area (Å²) in [6, 6.07) is 17.3. The standard InChI is InChI=1S/C28H32ClN3O3/c1-20-24(19-31(18-23-14-9-17-34-23)27(33)21-10-5-6-11-21)28(35-26-16-8-7-15-25(26)29)32(30-20)22-12-3-2-4-13-22/h2-4,7-8,12-13,15-16,21,23H,5-6,9-11,14,17-19H2,1H3/t23-/m1/s1. The predicted molar refractivity (Wildman–Crippen MR) is 136 cm³/mol. The van der Waals surface area contributed by atoms with Crippen LogP contribution in [0.4, 0.5) is 0 Å². The van der Waals surface area contributed by atoms with E-state index >= 15 is 0 Å². The number of ether oxygens (including phenoxy) is 2. The normalized spacial score (nSPS) is 18.2. The highest BCUT2D eigenvalue weighted by atomic mass is 35.5. The second-order valence-electron chi connectivity index (χ2n) is 9.48. The quantitative estimate of drug-likeness (QED) is 0.368. The summed E-state index contributed by atoms with van der Waals surface area (Å²) in [4.78, 5) is 15.6. The molecular weight excluding hydrogens is 462 g/mol. The molecule has 6 nitrogen and oxygen atoms in total. The van der Waals surface area contributed by atoms with Gasteiger partial charge in [0.2, 0.25) is 11.8 Å². The number of benzene rings is 2. The highest BCUT2D eigenvalue weighted by Gasteiger charge is 2.32. The number of rotatable bonds is 8. The first-order chi connectivity index (χ1) is 17.1. The highest BCUT2D eigenvalue weighted by Crippen LogP contribution is 2.36. The fourth-order valence-electron chi connectivity index (χ4n) is 5.09. The van der Waals surface area contributed by atoms with Crippen molar-refractivity contribution in [3.63, 3.8) is 0 Å². The van der Waals surface area contributed by atoms with Crippen molar-refractivity contribution >= 4 is 17.5 Å². The molecule has 0 bridgehead atoms. The van der Waals surface area contributed by atoms with Crippen LogP contribution in [0, 0.1) is 12.8 Å². The lowest BCUT2D eigenvalue weighted by atomic mass is 10.1. The molecule has 0 N–H and O–H groups in total. The van der Waals surface area contributed by atoms with Crippen molar-refractivity contribution in [1.29, 1.82) is 0 Å². The van der Waals surface area contributed by atoms with Gasteiger partial charge in [-0.15, -0.1) is 0 Å². The van der Waals surface area contributed by atoms with Gasteiger partial charge in [-0.25, -0.2) is 4.68 Å². The molecule has 2 aliphatic rings. The third-order valence-electron chi connectivity index (χ3n) is 6.99. The van der Waals surface area contributed by atoms with Gasteiger partial charge in [0.1, 0.15) is 5.75 Å². The van der Waals surface area contributed by atoms with Crippen LogP contribution in [0.2, 0.25) is 5.02 Å². The van der Waals surface area contributed by atoms with E-state index in [1.54, 1.807) is 10.7 Å². The Bertz CT molecular complexity index is 1150. The molecule has 0 spiro atoms. The van der Waals surface area contributed by atoms with Crippen molar-refractivity contribution in [2.75, 3.05) is 13.2 Å². The fourth-order valence-corrected chi connectivity index (χ4v) is 5.26. The van der Waals surface area contributed by atoms with E-state index in [0.29, 0.717) is 29.7 Å². The molecule has 2 fully saturated rings. The van der Waals surface area contributed by atoms with Gasteiger partial charge in [0.05, 0.1) is 34.6 Å². The van der Waals surface area contributed by atoms with Gasteiger partial charge in [-0.3, -0.25) is 4.79 Å². The molecule has 0 unspecified atom stereocenters. The monoisotopic (exact) mass is 493 g/mol. The Hall–Kier alpha value is -2.83. The van der Waals surface area contributed by atoms with Crippen LogP contribution in [0.3, 0.4) is 0 Å². The molecule has 1 aliphatic carbocycles. The number of hydrogen-bond acceptors (Lipinski definition) is 4.